The van der Waals surface area contributed by atoms with E-state index in [0.717, 1.165) is 19.3 Å². The van der Waals surface area contributed by atoms with E-state index < -0.39 is 5.97 Å². The fourth-order valence-electron chi connectivity index (χ4n) is 1.85. The average molecular weight is 225 g/mol. The quantitative estimate of drug-likeness (QED) is 0.853. The van der Waals surface area contributed by atoms with Gasteiger partial charge in [0.15, 0.2) is 0 Å². The number of nitrogens with zero attached hydrogens (tertiary/aromatic N) is 1. The van der Waals surface area contributed by atoms with Gasteiger partial charge in [-0.3, -0.25) is 0 Å². The van der Waals surface area contributed by atoms with Gasteiger partial charge in [0.2, 0.25) is 11.7 Å². The zero-order chi connectivity index (χ0) is 11.5. The lowest BCUT2D eigenvalue weighted by atomic mass is 10.1. The number of oxazole rings is 1. The highest BCUT2D eigenvalue weighted by atomic mass is 16.5. The number of aromatic nitrogens is 1. The van der Waals surface area contributed by atoms with Crippen LogP contribution in [0.3, 0.4) is 0 Å². The molecule has 0 saturated carbocycles. The standard InChI is InChI=1S/C11H15NO4/c1-2-7-9(11(13)14)16-10(12-7)8-5-3-4-6-15-8/h8H,2-6H2,1H3,(H,13,14). The molecule has 1 unspecified atom stereocenters. The van der Waals surface area contributed by atoms with Crippen LogP contribution in [-0.2, 0) is 11.2 Å². The van der Waals surface area contributed by atoms with Crippen molar-refractivity contribution in [3.8, 4) is 0 Å². The number of carboxylic acid groups (broad SMARTS) is 1. The Morgan fingerprint density at radius 3 is 2.88 bits per heavy atom. The summed E-state index contributed by atoms with van der Waals surface area (Å²) >= 11 is 0. The summed E-state index contributed by atoms with van der Waals surface area (Å²) < 4.78 is 10.8. The highest BCUT2D eigenvalue weighted by Crippen LogP contribution is 2.28. The number of carboxylic acids is 1. The Bertz CT molecular complexity index is 379. The number of carbonyl (C=O) groups is 1. The summed E-state index contributed by atoms with van der Waals surface area (Å²) in [5.74, 6) is -0.702. The minimum absolute atomic E-state index is 0.0494. The van der Waals surface area contributed by atoms with Crippen LogP contribution >= 0.6 is 0 Å². The second kappa shape index (κ2) is 4.65. The zero-order valence-corrected chi connectivity index (χ0v) is 9.23. The number of aryl methyl sites for hydroxylation is 1. The molecule has 1 saturated heterocycles. The number of ether oxygens (including phenoxy) is 1. The Morgan fingerprint density at radius 1 is 1.56 bits per heavy atom. The van der Waals surface area contributed by atoms with Crippen molar-refractivity contribution in [3.63, 3.8) is 0 Å². The van der Waals surface area contributed by atoms with Crippen LogP contribution < -0.4 is 0 Å². The van der Waals surface area contributed by atoms with Gasteiger partial charge in [-0.15, -0.1) is 0 Å². The maximum Gasteiger partial charge on any atom is 0.373 e. The monoisotopic (exact) mass is 225 g/mol. The third kappa shape index (κ3) is 2.09. The van der Waals surface area contributed by atoms with Crippen molar-refractivity contribution in [1.82, 2.24) is 4.98 Å². The Hall–Kier alpha value is -1.36. The largest absolute Gasteiger partial charge is 0.475 e. The molecule has 0 aromatic carbocycles. The van der Waals surface area contributed by atoms with Crippen LogP contribution in [0.5, 0.6) is 0 Å². The van der Waals surface area contributed by atoms with Crippen LogP contribution in [-0.4, -0.2) is 22.7 Å². The molecule has 1 atom stereocenters. The lowest BCUT2D eigenvalue weighted by molar-refractivity contribution is -0.00229. The average Bonchev–Trinajstić information content (AvgIpc) is 2.74. The van der Waals surface area contributed by atoms with Crippen LogP contribution in [0.2, 0.25) is 0 Å². The first kappa shape index (κ1) is 11.1. The summed E-state index contributed by atoms with van der Waals surface area (Å²) in [6.45, 7) is 2.55. The maximum absolute atomic E-state index is 10.9. The molecule has 88 valence electrons. The third-order valence-corrected chi connectivity index (χ3v) is 2.70. The van der Waals surface area contributed by atoms with Crippen molar-refractivity contribution in [2.45, 2.75) is 38.7 Å². The van der Waals surface area contributed by atoms with E-state index in [9.17, 15) is 4.79 Å². The molecule has 1 aliphatic rings. The molecular formula is C11H15NO4. The van der Waals surface area contributed by atoms with Crippen molar-refractivity contribution < 1.29 is 19.1 Å². The van der Waals surface area contributed by atoms with Gasteiger partial charge < -0.3 is 14.3 Å². The molecule has 0 spiro atoms. The number of hydrogen-bond acceptors (Lipinski definition) is 4. The SMILES string of the molecule is CCc1nc(C2CCCCO2)oc1C(=O)O. The van der Waals surface area contributed by atoms with Gasteiger partial charge in [0, 0.05) is 6.61 Å². The van der Waals surface area contributed by atoms with Gasteiger partial charge in [-0.25, -0.2) is 9.78 Å². The van der Waals surface area contributed by atoms with Gasteiger partial charge in [-0.1, -0.05) is 6.92 Å². The Labute approximate surface area is 93.4 Å². The molecule has 1 aromatic heterocycles. The first-order chi connectivity index (χ1) is 7.72. The van der Waals surface area contributed by atoms with Crippen LogP contribution in [0.1, 0.15) is 54.4 Å². The van der Waals surface area contributed by atoms with Crippen molar-refractivity contribution >= 4 is 5.97 Å². The Kier molecular flexibility index (Phi) is 3.24. The molecule has 5 nitrogen and oxygen atoms in total. The molecule has 0 amide bonds. The van der Waals surface area contributed by atoms with Crippen LogP contribution in [0, 0.1) is 0 Å². The fourth-order valence-corrected chi connectivity index (χ4v) is 1.85. The first-order valence-electron chi connectivity index (χ1n) is 5.57. The zero-order valence-electron chi connectivity index (χ0n) is 9.23. The maximum atomic E-state index is 10.9. The third-order valence-electron chi connectivity index (χ3n) is 2.70. The molecule has 0 aliphatic carbocycles. The molecular weight excluding hydrogens is 210 g/mol. The Morgan fingerprint density at radius 2 is 2.38 bits per heavy atom. The van der Waals surface area contributed by atoms with Gasteiger partial charge in [0.25, 0.3) is 0 Å². The summed E-state index contributed by atoms with van der Waals surface area (Å²) in [6, 6.07) is 0. The summed E-state index contributed by atoms with van der Waals surface area (Å²) in [5, 5.41) is 8.93. The van der Waals surface area contributed by atoms with Gasteiger partial charge in [0.05, 0.1) is 5.69 Å². The van der Waals surface area contributed by atoms with Crippen molar-refractivity contribution in [3.05, 3.63) is 17.3 Å². The first-order valence-corrected chi connectivity index (χ1v) is 5.57. The Balaban J connectivity index is 2.24. The van der Waals surface area contributed by atoms with Gasteiger partial charge >= 0.3 is 5.97 Å². The second-order valence-electron chi connectivity index (χ2n) is 3.84. The molecule has 1 N–H and O–H groups in total. The van der Waals surface area contributed by atoms with Gasteiger partial charge in [0.1, 0.15) is 6.10 Å². The van der Waals surface area contributed by atoms with Gasteiger partial charge in [-0.05, 0) is 25.7 Å². The minimum Gasteiger partial charge on any atom is -0.475 e. The molecule has 2 heterocycles. The van der Waals surface area contributed by atoms with Crippen LogP contribution in [0.25, 0.3) is 0 Å². The van der Waals surface area contributed by atoms with Crippen molar-refractivity contribution in [1.29, 1.82) is 0 Å². The second-order valence-corrected chi connectivity index (χ2v) is 3.84. The highest BCUT2D eigenvalue weighted by molar-refractivity contribution is 5.85. The van der Waals surface area contributed by atoms with E-state index in [0.29, 0.717) is 24.6 Å². The molecule has 2 rings (SSSR count). The van der Waals surface area contributed by atoms with Crippen LogP contribution in [0.15, 0.2) is 4.42 Å². The molecule has 1 fully saturated rings. The number of rotatable bonds is 3. The van der Waals surface area contributed by atoms with E-state index in [-0.39, 0.29) is 11.9 Å². The lowest BCUT2D eigenvalue weighted by Crippen LogP contribution is -2.11. The summed E-state index contributed by atoms with van der Waals surface area (Å²) in [5.41, 5.74) is 0.497. The van der Waals surface area contributed by atoms with E-state index in [4.69, 9.17) is 14.3 Å². The minimum atomic E-state index is -1.06. The fraction of sp³-hybridized carbons (Fsp3) is 0.636. The normalized spacial score (nSPS) is 20.9. The van der Waals surface area contributed by atoms with E-state index in [2.05, 4.69) is 4.98 Å². The smallest absolute Gasteiger partial charge is 0.373 e. The predicted octanol–water partition coefficient (Wildman–Crippen LogP) is 2.18. The number of hydrogen-bond donors (Lipinski definition) is 1. The van der Waals surface area contributed by atoms with Crippen molar-refractivity contribution in [2.75, 3.05) is 6.61 Å². The molecule has 0 bridgehead atoms. The number of aromatic carboxylic acids is 1. The van der Waals surface area contributed by atoms with E-state index >= 15 is 0 Å². The molecule has 1 aliphatic heterocycles. The van der Waals surface area contributed by atoms with Crippen molar-refractivity contribution in [2.24, 2.45) is 0 Å². The summed E-state index contributed by atoms with van der Waals surface area (Å²) in [4.78, 5) is 15.1. The molecule has 5 heteroatoms. The summed E-state index contributed by atoms with van der Waals surface area (Å²) in [6.07, 6.45) is 3.34. The van der Waals surface area contributed by atoms with E-state index in [1.165, 1.54) is 0 Å². The molecule has 16 heavy (non-hydrogen) atoms. The van der Waals surface area contributed by atoms with E-state index in [1.54, 1.807) is 0 Å². The highest BCUT2D eigenvalue weighted by Gasteiger charge is 2.25. The predicted molar refractivity (Wildman–Crippen MR) is 55.4 cm³/mol. The van der Waals surface area contributed by atoms with Gasteiger partial charge in [-0.2, -0.15) is 0 Å². The summed E-state index contributed by atoms with van der Waals surface area (Å²) in [7, 11) is 0. The molecule has 1 aromatic rings. The molecule has 0 radical (unpaired) electrons. The van der Waals surface area contributed by atoms with Crippen LogP contribution in [0.4, 0.5) is 0 Å². The topological polar surface area (TPSA) is 72.6 Å². The lowest BCUT2D eigenvalue weighted by Gasteiger charge is -2.19. The van der Waals surface area contributed by atoms with E-state index in [1.807, 2.05) is 6.92 Å².